The van der Waals surface area contributed by atoms with Crippen LogP contribution in [0.4, 0.5) is 0 Å². The van der Waals surface area contributed by atoms with E-state index in [1.54, 1.807) is 0 Å². The van der Waals surface area contributed by atoms with Gasteiger partial charge in [0, 0.05) is 13.2 Å². The topological polar surface area (TPSA) is 106 Å². The third-order valence-corrected chi connectivity index (χ3v) is 3.54. The number of hydrogen-bond donors (Lipinski definition) is 2. The first-order valence-corrected chi connectivity index (χ1v) is 8.72. The van der Waals surface area contributed by atoms with Crippen LogP contribution < -0.4 is 9.47 Å². The molecule has 0 saturated carbocycles. The molecule has 1 aliphatic heterocycles. The van der Waals surface area contributed by atoms with E-state index in [1.807, 2.05) is 30.4 Å². The van der Waals surface area contributed by atoms with Gasteiger partial charge in [-0.3, -0.25) is 0 Å². The number of carbonyl (C=O) groups is 2. The Bertz CT molecular complexity index is 618. The third kappa shape index (κ3) is 9.62. The first-order valence-electron chi connectivity index (χ1n) is 8.72. The molecule has 0 atom stereocenters. The van der Waals surface area contributed by atoms with Crippen LogP contribution in [0.1, 0.15) is 25.3 Å². The zero-order chi connectivity index (χ0) is 20.1. The van der Waals surface area contributed by atoms with E-state index < -0.39 is 11.9 Å². The monoisotopic (exact) mass is 381 g/mol. The Morgan fingerprint density at radius 3 is 2.56 bits per heavy atom. The van der Waals surface area contributed by atoms with Crippen LogP contribution >= 0.6 is 0 Å². The molecule has 0 bridgehead atoms. The fourth-order valence-electron chi connectivity index (χ4n) is 2.28. The first-order chi connectivity index (χ1) is 12.9. The van der Waals surface area contributed by atoms with Crippen molar-refractivity contribution in [2.75, 3.05) is 40.1 Å². The van der Waals surface area contributed by atoms with Crippen molar-refractivity contribution in [3.63, 3.8) is 0 Å². The number of hydrogen-bond acceptors (Lipinski definition) is 6. The van der Waals surface area contributed by atoms with Crippen molar-refractivity contribution in [2.45, 2.75) is 19.8 Å². The predicted molar refractivity (Wildman–Crippen MR) is 100 cm³/mol. The van der Waals surface area contributed by atoms with Gasteiger partial charge in [0.05, 0.1) is 6.61 Å². The van der Waals surface area contributed by atoms with Gasteiger partial charge in [0.15, 0.2) is 11.5 Å². The third-order valence-electron chi connectivity index (χ3n) is 3.54. The molecule has 1 aromatic carbocycles. The van der Waals surface area contributed by atoms with Gasteiger partial charge in [-0.15, -0.1) is 0 Å². The number of carboxylic acids is 2. The smallest absolute Gasteiger partial charge is 0.414 e. The fourth-order valence-corrected chi connectivity index (χ4v) is 2.28. The second-order valence-corrected chi connectivity index (χ2v) is 5.86. The lowest BCUT2D eigenvalue weighted by molar-refractivity contribution is -0.159. The Kier molecular flexibility index (Phi) is 10.6. The zero-order valence-electron chi connectivity index (χ0n) is 15.7. The highest BCUT2D eigenvalue weighted by atomic mass is 16.7. The molecule has 0 aliphatic carbocycles. The van der Waals surface area contributed by atoms with Crippen LogP contribution in [0.15, 0.2) is 24.3 Å². The van der Waals surface area contributed by atoms with Crippen molar-refractivity contribution >= 4 is 18.0 Å². The minimum absolute atomic E-state index is 0.318. The highest BCUT2D eigenvalue weighted by molar-refractivity contribution is 6.27. The van der Waals surface area contributed by atoms with Crippen molar-refractivity contribution < 1.29 is 34.0 Å². The van der Waals surface area contributed by atoms with Crippen LogP contribution in [0.2, 0.25) is 0 Å². The summed E-state index contributed by atoms with van der Waals surface area (Å²) in [6, 6.07) is 5.94. The van der Waals surface area contributed by atoms with E-state index in [-0.39, 0.29) is 0 Å². The molecular weight excluding hydrogens is 354 g/mol. The Hall–Kier alpha value is -2.58. The number of aliphatic carboxylic acids is 2. The number of carboxylic acid groups (broad SMARTS) is 2. The van der Waals surface area contributed by atoms with Crippen LogP contribution in [0.5, 0.6) is 11.5 Å². The van der Waals surface area contributed by atoms with Crippen LogP contribution in [0, 0.1) is 0 Å². The Labute approximate surface area is 158 Å². The number of nitrogens with zero attached hydrogens (tertiary/aromatic N) is 1. The van der Waals surface area contributed by atoms with Crippen LogP contribution in [0.25, 0.3) is 6.08 Å². The highest BCUT2D eigenvalue weighted by Crippen LogP contribution is 2.32. The Morgan fingerprint density at radius 2 is 1.89 bits per heavy atom. The van der Waals surface area contributed by atoms with Crippen molar-refractivity contribution in [2.24, 2.45) is 0 Å². The van der Waals surface area contributed by atoms with Crippen molar-refractivity contribution in [3.8, 4) is 11.5 Å². The summed E-state index contributed by atoms with van der Waals surface area (Å²) in [5, 5.41) is 14.8. The maximum atomic E-state index is 9.10. The molecule has 0 amide bonds. The molecule has 0 spiro atoms. The van der Waals surface area contributed by atoms with Gasteiger partial charge in [-0.25, -0.2) is 9.59 Å². The summed E-state index contributed by atoms with van der Waals surface area (Å²) < 4.78 is 16.2. The summed E-state index contributed by atoms with van der Waals surface area (Å²) >= 11 is 0. The average Bonchev–Trinajstić information content (AvgIpc) is 3.09. The molecule has 2 N–H and O–H groups in total. The maximum absolute atomic E-state index is 9.10. The number of benzene rings is 1. The van der Waals surface area contributed by atoms with Gasteiger partial charge >= 0.3 is 11.9 Å². The maximum Gasteiger partial charge on any atom is 0.414 e. The van der Waals surface area contributed by atoms with Gasteiger partial charge < -0.3 is 29.3 Å². The van der Waals surface area contributed by atoms with E-state index in [9.17, 15) is 0 Å². The molecular formula is C19H27NO7. The van der Waals surface area contributed by atoms with Crippen LogP contribution in [-0.2, 0) is 14.3 Å². The molecule has 0 fully saturated rings. The number of fused-ring (bicyclic) bond motifs is 1. The minimum Gasteiger partial charge on any atom is -0.473 e. The molecule has 1 heterocycles. The van der Waals surface area contributed by atoms with Crippen molar-refractivity contribution in [1.29, 1.82) is 0 Å². The normalized spacial score (nSPS) is 12.1. The summed E-state index contributed by atoms with van der Waals surface area (Å²) in [4.78, 5) is 20.5. The van der Waals surface area contributed by atoms with E-state index in [0.29, 0.717) is 13.4 Å². The number of ether oxygens (including phenoxy) is 3. The summed E-state index contributed by atoms with van der Waals surface area (Å²) in [6.45, 7) is 6.22. The molecule has 1 aliphatic rings. The molecule has 150 valence electrons. The molecule has 0 radical (unpaired) electrons. The van der Waals surface area contributed by atoms with Crippen LogP contribution in [0.3, 0.4) is 0 Å². The van der Waals surface area contributed by atoms with Crippen molar-refractivity contribution in [3.05, 3.63) is 29.8 Å². The van der Waals surface area contributed by atoms with Gasteiger partial charge in [-0.05, 0) is 44.1 Å². The lowest BCUT2D eigenvalue weighted by Gasteiger charge is -2.14. The van der Waals surface area contributed by atoms with Gasteiger partial charge in [0.25, 0.3) is 0 Å². The Balaban J connectivity index is 0.000000527. The molecule has 8 heteroatoms. The fraction of sp³-hybridized carbons (Fsp3) is 0.474. The quantitative estimate of drug-likeness (QED) is 0.496. The van der Waals surface area contributed by atoms with Gasteiger partial charge in [0.2, 0.25) is 6.79 Å². The average molecular weight is 381 g/mol. The van der Waals surface area contributed by atoms with Gasteiger partial charge in [-0.1, -0.05) is 25.1 Å². The molecule has 1 aromatic rings. The molecule has 2 rings (SSSR count). The van der Waals surface area contributed by atoms with Gasteiger partial charge in [0.1, 0.15) is 0 Å². The summed E-state index contributed by atoms with van der Waals surface area (Å²) in [5.41, 5.74) is 1.10. The predicted octanol–water partition coefficient (Wildman–Crippen LogP) is 2.33. The molecule has 27 heavy (non-hydrogen) atoms. The van der Waals surface area contributed by atoms with E-state index in [0.717, 1.165) is 43.2 Å². The second kappa shape index (κ2) is 12.7. The van der Waals surface area contributed by atoms with Crippen LogP contribution in [-0.4, -0.2) is 67.2 Å². The standard InChI is InChI=1S/C17H25NO3.C2H2O4/c1-3-9-18(2)10-5-12-19-11-4-6-15-7-8-16-17(13-15)21-14-20-16;3-1(4)2(5)6/h4,6-8,13H,3,5,9-12,14H2,1-2H3;(H,3,4)(H,5,6)/b6-4+;. The zero-order valence-corrected chi connectivity index (χ0v) is 15.7. The highest BCUT2D eigenvalue weighted by Gasteiger charge is 2.11. The minimum atomic E-state index is -1.82. The molecule has 0 unspecified atom stereocenters. The summed E-state index contributed by atoms with van der Waals surface area (Å²) in [5.74, 6) is -2.01. The second-order valence-electron chi connectivity index (χ2n) is 5.86. The lowest BCUT2D eigenvalue weighted by atomic mass is 10.2. The van der Waals surface area contributed by atoms with E-state index >= 15 is 0 Å². The summed E-state index contributed by atoms with van der Waals surface area (Å²) in [7, 11) is 2.16. The lowest BCUT2D eigenvalue weighted by Crippen LogP contribution is -2.21. The molecule has 8 nitrogen and oxygen atoms in total. The first kappa shape index (κ1) is 22.5. The van der Waals surface area contributed by atoms with E-state index in [1.165, 1.54) is 6.42 Å². The number of rotatable bonds is 9. The van der Waals surface area contributed by atoms with Gasteiger partial charge in [-0.2, -0.15) is 0 Å². The largest absolute Gasteiger partial charge is 0.473 e. The molecule has 0 aromatic heterocycles. The van der Waals surface area contributed by atoms with E-state index in [4.69, 9.17) is 34.0 Å². The van der Waals surface area contributed by atoms with Crippen molar-refractivity contribution in [1.82, 2.24) is 4.90 Å². The Morgan fingerprint density at radius 1 is 1.19 bits per heavy atom. The van der Waals surface area contributed by atoms with E-state index in [2.05, 4.69) is 18.9 Å². The molecule has 0 saturated heterocycles. The SMILES string of the molecule is CCCN(C)CCCOC/C=C/c1ccc2c(c1)OCO2.O=C(O)C(=O)O. The summed E-state index contributed by atoms with van der Waals surface area (Å²) in [6.07, 6.45) is 6.36.